The summed E-state index contributed by atoms with van der Waals surface area (Å²) in [6.45, 7) is 0.185. The van der Waals surface area contributed by atoms with Gasteiger partial charge in [-0.15, -0.1) is 0 Å². The van der Waals surface area contributed by atoms with E-state index in [1.54, 1.807) is 0 Å². The molecule has 0 heterocycles. The van der Waals surface area contributed by atoms with Gasteiger partial charge in [0.2, 0.25) is 0 Å². The average molecular weight is 236 g/mol. The predicted molar refractivity (Wildman–Crippen MR) is 51.3 cm³/mol. The van der Waals surface area contributed by atoms with Gasteiger partial charge in [0.15, 0.2) is 11.6 Å². The zero-order valence-electron chi connectivity index (χ0n) is 7.79. The summed E-state index contributed by atoms with van der Waals surface area (Å²) in [5, 5.41) is -0.802. The molecule has 5 heteroatoms. The van der Waals surface area contributed by atoms with E-state index in [1.165, 1.54) is 0 Å². The molecule has 1 aromatic rings. The Morgan fingerprint density at radius 1 is 1.27 bits per heavy atom. The summed E-state index contributed by atoms with van der Waals surface area (Å²) in [6.07, 6.45) is 1.31. The molecule has 0 aromatic heterocycles. The van der Waals surface area contributed by atoms with Gasteiger partial charge in [0.05, 0.1) is 0 Å². The van der Waals surface area contributed by atoms with Gasteiger partial charge in [-0.2, -0.15) is 0 Å². The summed E-state index contributed by atoms with van der Waals surface area (Å²) >= 11 is 5.25. The fraction of sp³-hybridized carbons (Fsp3) is 0.400. The van der Waals surface area contributed by atoms with Gasteiger partial charge in [0.25, 0.3) is 0 Å². The second-order valence-corrected chi connectivity index (χ2v) is 4.21. The van der Waals surface area contributed by atoms with Crippen LogP contribution in [-0.4, -0.2) is 6.54 Å². The van der Waals surface area contributed by atoms with Crippen LogP contribution in [0, 0.1) is 17.5 Å². The normalized spacial score (nSPS) is 17.9. The molecule has 1 saturated carbocycles. The lowest BCUT2D eigenvalue weighted by Gasteiger charge is -2.14. The Labute approximate surface area is 90.0 Å². The third-order valence-corrected chi connectivity index (χ3v) is 3.26. The lowest BCUT2D eigenvalue weighted by atomic mass is 9.95. The van der Waals surface area contributed by atoms with Gasteiger partial charge in [-0.3, -0.25) is 0 Å². The monoisotopic (exact) mass is 235 g/mol. The summed E-state index contributed by atoms with van der Waals surface area (Å²) in [7, 11) is 0. The van der Waals surface area contributed by atoms with Crippen molar-refractivity contribution in [3.63, 3.8) is 0 Å². The van der Waals surface area contributed by atoms with Gasteiger partial charge in [0, 0.05) is 17.5 Å². The molecule has 82 valence electrons. The van der Waals surface area contributed by atoms with Gasteiger partial charge in [-0.25, -0.2) is 13.2 Å². The number of rotatable bonds is 2. The molecular formula is C10H9ClF3N. The molecule has 0 spiro atoms. The van der Waals surface area contributed by atoms with Crippen molar-refractivity contribution >= 4 is 11.6 Å². The standard InChI is InChI=1S/C10H9ClF3N/c11-7-6(12)3-5(8(13)9(7)14)10(4-15)1-2-10/h3H,1-2,4,15H2. The van der Waals surface area contributed by atoms with Crippen molar-refractivity contribution < 1.29 is 13.2 Å². The molecule has 0 unspecified atom stereocenters. The number of benzene rings is 1. The number of hydrogen-bond acceptors (Lipinski definition) is 1. The molecule has 0 amide bonds. The van der Waals surface area contributed by atoms with Gasteiger partial charge < -0.3 is 5.73 Å². The molecule has 1 aliphatic carbocycles. The molecule has 0 atom stereocenters. The van der Waals surface area contributed by atoms with Crippen molar-refractivity contribution in [2.75, 3.05) is 6.54 Å². The van der Waals surface area contributed by atoms with Crippen LogP contribution >= 0.6 is 11.6 Å². The molecule has 2 N–H and O–H groups in total. The van der Waals surface area contributed by atoms with Crippen LogP contribution in [0.1, 0.15) is 18.4 Å². The fourth-order valence-electron chi connectivity index (χ4n) is 1.69. The summed E-state index contributed by atoms with van der Waals surface area (Å²) in [5.41, 5.74) is 4.88. The smallest absolute Gasteiger partial charge is 0.180 e. The Hall–Kier alpha value is -0.740. The van der Waals surface area contributed by atoms with E-state index in [0.29, 0.717) is 12.8 Å². The first-order valence-corrected chi connectivity index (χ1v) is 4.93. The van der Waals surface area contributed by atoms with Crippen molar-refractivity contribution in [2.24, 2.45) is 5.73 Å². The number of hydrogen-bond donors (Lipinski definition) is 1. The van der Waals surface area contributed by atoms with E-state index in [0.717, 1.165) is 6.07 Å². The molecular weight excluding hydrogens is 227 g/mol. The van der Waals surface area contributed by atoms with E-state index in [1.807, 2.05) is 0 Å². The molecule has 0 saturated heterocycles. The van der Waals surface area contributed by atoms with Crippen LogP contribution in [0.15, 0.2) is 6.07 Å². The fourth-order valence-corrected chi connectivity index (χ4v) is 1.83. The van der Waals surface area contributed by atoms with Crippen LogP contribution in [0.5, 0.6) is 0 Å². The largest absolute Gasteiger partial charge is 0.330 e. The van der Waals surface area contributed by atoms with Crippen LogP contribution in [0.3, 0.4) is 0 Å². The van der Waals surface area contributed by atoms with Gasteiger partial charge in [-0.05, 0) is 18.9 Å². The van der Waals surface area contributed by atoms with Crippen molar-refractivity contribution in [3.05, 3.63) is 34.1 Å². The highest BCUT2D eigenvalue weighted by molar-refractivity contribution is 6.30. The van der Waals surface area contributed by atoms with Crippen molar-refractivity contribution in [1.82, 2.24) is 0 Å². The molecule has 0 aliphatic heterocycles. The van der Waals surface area contributed by atoms with Gasteiger partial charge >= 0.3 is 0 Å². The molecule has 2 rings (SSSR count). The first-order chi connectivity index (χ1) is 7.02. The Balaban J connectivity index is 2.58. The second-order valence-electron chi connectivity index (χ2n) is 3.83. The van der Waals surface area contributed by atoms with Crippen molar-refractivity contribution in [1.29, 1.82) is 0 Å². The maximum absolute atomic E-state index is 13.5. The minimum absolute atomic E-state index is 0.00407. The van der Waals surface area contributed by atoms with Crippen LogP contribution in [0.2, 0.25) is 5.02 Å². The van der Waals surface area contributed by atoms with Crippen LogP contribution in [0.4, 0.5) is 13.2 Å². The molecule has 1 fully saturated rings. The van der Waals surface area contributed by atoms with Crippen molar-refractivity contribution in [3.8, 4) is 0 Å². The molecule has 1 aromatic carbocycles. The van der Waals surface area contributed by atoms with E-state index in [9.17, 15) is 13.2 Å². The summed E-state index contributed by atoms with van der Waals surface area (Å²) in [4.78, 5) is 0. The van der Waals surface area contributed by atoms with E-state index in [2.05, 4.69) is 0 Å². The Morgan fingerprint density at radius 3 is 2.33 bits per heavy atom. The third kappa shape index (κ3) is 1.52. The highest BCUT2D eigenvalue weighted by Crippen LogP contribution is 2.49. The minimum Gasteiger partial charge on any atom is -0.330 e. The molecule has 0 bridgehead atoms. The Morgan fingerprint density at radius 2 is 1.87 bits per heavy atom. The third-order valence-electron chi connectivity index (χ3n) is 2.92. The molecule has 1 nitrogen and oxygen atoms in total. The van der Waals surface area contributed by atoms with E-state index in [4.69, 9.17) is 17.3 Å². The van der Waals surface area contributed by atoms with E-state index < -0.39 is 27.9 Å². The number of nitrogens with two attached hydrogens (primary N) is 1. The van der Waals surface area contributed by atoms with Gasteiger partial charge in [0.1, 0.15) is 10.8 Å². The maximum Gasteiger partial charge on any atom is 0.180 e. The highest BCUT2D eigenvalue weighted by Gasteiger charge is 2.46. The van der Waals surface area contributed by atoms with E-state index in [-0.39, 0.29) is 12.1 Å². The number of halogens is 4. The lowest BCUT2D eigenvalue weighted by Crippen LogP contribution is -2.22. The van der Waals surface area contributed by atoms with Gasteiger partial charge in [-0.1, -0.05) is 11.6 Å². The highest BCUT2D eigenvalue weighted by atomic mass is 35.5. The zero-order valence-corrected chi connectivity index (χ0v) is 8.54. The van der Waals surface area contributed by atoms with Crippen molar-refractivity contribution in [2.45, 2.75) is 18.3 Å². The summed E-state index contributed by atoms with van der Waals surface area (Å²) < 4.78 is 39.8. The summed E-state index contributed by atoms with van der Waals surface area (Å²) in [6, 6.07) is 0.945. The molecule has 15 heavy (non-hydrogen) atoms. The van der Waals surface area contributed by atoms with E-state index >= 15 is 0 Å². The molecule has 1 aliphatic rings. The first kappa shape index (κ1) is 10.8. The maximum atomic E-state index is 13.5. The van der Waals surface area contributed by atoms with Crippen LogP contribution in [-0.2, 0) is 5.41 Å². The summed E-state index contributed by atoms with van der Waals surface area (Å²) in [5.74, 6) is -3.35. The second kappa shape index (κ2) is 3.39. The quantitative estimate of drug-likeness (QED) is 0.619. The SMILES string of the molecule is NCC1(c2cc(F)c(Cl)c(F)c2F)CC1. The first-order valence-electron chi connectivity index (χ1n) is 4.55. The minimum atomic E-state index is -1.33. The average Bonchev–Trinajstić information content (AvgIpc) is 3.01. The van der Waals surface area contributed by atoms with Crippen LogP contribution in [0.25, 0.3) is 0 Å². The lowest BCUT2D eigenvalue weighted by molar-refractivity contribution is 0.471. The topological polar surface area (TPSA) is 26.0 Å². The Bertz CT molecular complexity index is 416. The Kier molecular flexibility index (Phi) is 2.43. The predicted octanol–water partition coefficient (Wildman–Crippen LogP) is 2.75. The zero-order chi connectivity index (χ0) is 11.2. The van der Waals surface area contributed by atoms with Crippen LogP contribution < -0.4 is 5.73 Å². The molecule has 0 radical (unpaired) electrons.